The molecule has 0 unspecified atom stereocenters. The molecule has 2 heterocycles. The third kappa shape index (κ3) is 8.20. The number of ether oxygens (including phenoxy) is 3. The van der Waals surface area contributed by atoms with Gasteiger partial charge in [-0.3, -0.25) is 0 Å². The average Bonchev–Trinajstić information content (AvgIpc) is 3.19. The van der Waals surface area contributed by atoms with E-state index in [2.05, 4.69) is 25.8 Å². The molecule has 0 aromatic carbocycles. The molecule has 3 atom stereocenters. The number of carbonyl (C=O) groups is 2. The van der Waals surface area contributed by atoms with Gasteiger partial charge in [-0.1, -0.05) is 0 Å². The van der Waals surface area contributed by atoms with Crippen molar-refractivity contribution >= 4 is 33.9 Å². The monoisotopic (exact) mass is 602 g/mol. The maximum atomic E-state index is 13.2. The molecule has 0 amide bonds. The topological polar surface area (TPSA) is 117 Å². The molecule has 198 valence electrons. The summed E-state index contributed by atoms with van der Waals surface area (Å²) in [6.45, 7) is 9.03. The van der Waals surface area contributed by atoms with Crippen molar-refractivity contribution < 1.29 is 23.8 Å². The van der Waals surface area contributed by atoms with Crippen molar-refractivity contribution in [3.8, 4) is 0 Å². The molecule has 1 fully saturated rings. The Hall–Kier alpha value is -1.62. The molecule has 0 bridgehead atoms. The van der Waals surface area contributed by atoms with Crippen molar-refractivity contribution in [2.24, 2.45) is 0 Å². The van der Waals surface area contributed by atoms with E-state index in [0.717, 1.165) is 55.4 Å². The Morgan fingerprint density at radius 2 is 1.60 bits per heavy atom. The predicted octanol–water partition coefficient (Wildman–Crippen LogP) is 3.38. The van der Waals surface area contributed by atoms with Crippen LogP contribution in [0.25, 0.3) is 0 Å². The van der Waals surface area contributed by atoms with Gasteiger partial charge in [0.25, 0.3) is 0 Å². The fraction of sp³-hybridized carbons (Fsp3) is 0.760. The number of hydrogen-bond donors (Lipinski definition) is 1. The molecule has 1 saturated heterocycles. The molecule has 0 spiro atoms. The van der Waals surface area contributed by atoms with Crippen LogP contribution in [0.1, 0.15) is 85.8 Å². The normalized spacial score (nSPS) is 20.1. The van der Waals surface area contributed by atoms with Gasteiger partial charge in [-0.2, -0.15) is 0 Å². The van der Waals surface area contributed by atoms with E-state index in [1.165, 1.54) is 18.4 Å². The van der Waals surface area contributed by atoms with Gasteiger partial charge in [0, 0.05) is 0 Å². The Morgan fingerprint density at radius 3 is 2.09 bits per heavy atom. The van der Waals surface area contributed by atoms with E-state index in [9.17, 15) is 19.2 Å². The van der Waals surface area contributed by atoms with Crippen molar-refractivity contribution in [2.45, 2.75) is 111 Å². The van der Waals surface area contributed by atoms with Crippen LogP contribution in [-0.4, -0.2) is 58.7 Å². The Labute approximate surface area is 211 Å². The maximum absolute atomic E-state index is 13.2. The molecule has 35 heavy (non-hydrogen) atoms. The summed E-state index contributed by atoms with van der Waals surface area (Å²) < 4.78 is 22.1. The number of carbonyl (C=O) groups excluding carboxylic acids is 2. The van der Waals surface area contributed by atoms with E-state index in [-0.39, 0.29) is 18.6 Å². The molecule has 1 aliphatic heterocycles. The third-order valence-electron chi connectivity index (χ3n) is 6.82. The summed E-state index contributed by atoms with van der Waals surface area (Å²) in [7, 11) is 0. The van der Waals surface area contributed by atoms with Gasteiger partial charge in [0.1, 0.15) is 0 Å². The van der Waals surface area contributed by atoms with Gasteiger partial charge in [0.05, 0.1) is 0 Å². The molecule has 10 heteroatoms. The molecule has 0 aliphatic carbocycles. The van der Waals surface area contributed by atoms with Gasteiger partial charge >= 0.3 is 212 Å². The van der Waals surface area contributed by atoms with Gasteiger partial charge < -0.3 is 0 Å². The SMILES string of the molecule is CCC[CH2][Sn]([CH2]CCC)([CH2]CCC)[c]1cn([C@H]2C[C@H](OC(C)=O)[C@@H](COC(C)=O)O2)c(=O)[nH]c1=O. The van der Waals surface area contributed by atoms with Crippen molar-refractivity contribution in [1.82, 2.24) is 9.55 Å². The molecule has 1 aromatic rings. The molecular weight excluding hydrogens is 559 g/mol. The predicted molar refractivity (Wildman–Crippen MR) is 137 cm³/mol. The van der Waals surface area contributed by atoms with Crippen LogP contribution in [-0.2, 0) is 23.8 Å². The zero-order valence-corrected chi connectivity index (χ0v) is 24.7. The molecule has 0 radical (unpaired) electrons. The molecule has 9 nitrogen and oxygen atoms in total. The standard InChI is InChI=1S/C13H15N2O7.3C4H9.Sn/c1-7(16)20-6-10-9(21-8(2)17)5-12(22-10)15-4-3-11(18)14-13(15)19;3*1-3-4-2;/h4,9-10,12H,5-6H2,1-2H3,(H,14,18,19);3*1,3-4H2,2H3;/t9-,10+,12+;;;;/m0..../s1. The number of H-pyrrole nitrogens is 1. The van der Waals surface area contributed by atoms with Crippen molar-refractivity contribution in [3.05, 3.63) is 27.0 Å². The van der Waals surface area contributed by atoms with E-state index in [1.54, 1.807) is 6.20 Å². The summed E-state index contributed by atoms with van der Waals surface area (Å²) in [5.41, 5.74) is -0.795. The average molecular weight is 601 g/mol. The first-order valence-corrected chi connectivity index (χ1v) is 20.5. The third-order valence-corrected chi connectivity index (χ3v) is 22.3. The number of aromatic amines is 1. The van der Waals surface area contributed by atoms with Gasteiger partial charge in [0.2, 0.25) is 0 Å². The van der Waals surface area contributed by atoms with Crippen molar-refractivity contribution in [3.63, 3.8) is 0 Å². The number of aromatic nitrogens is 2. The minimum atomic E-state index is -3.14. The molecular formula is C25H42N2O7Sn. The Bertz CT molecular complexity index is 936. The van der Waals surface area contributed by atoms with Crippen LogP contribution in [0.15, 0.2) is 15.8 Å². The second-order valence-electron chi connectivity index (χ2n) is 9.62. The van der Waals surface area contributed by atoms with E-state index >= 15 is 0 Å². The van der Waals surface area contributed by atoms with E-state index in [1.807, 2.05) is 0 Å². The number of nitrogens with one attached hydrogen (secondary N) is 1. The first-order chi connectivity index (χ1) is 16.7. The number of rotatable bonds is 14. The Morgan fingerprint density at radius 1 is 1.03 bits per heavy atom. The molecule has 2 rings (SSSR count). The fourth-order valence-electron chi connectivity index (χ4n) is 4.96. The summed E-state index contributed by atoms with van der Waals surface area (Å²) >= 11 is -3.14. The molecule has 1 aromatic heterocycles. The second kappa shape index (κ2) is 14.2. The van der Waals surface area contributed by atoms with E-state index < -0.39 is 54.4 Å². The van der Waals surface area contributed by atoms with Crippen LogP contribution in [0.2, 0.25) is 13.3 Å². The molecule has 0 saturated carbocycles. The fourth-order valence-corrected chi connectivity index (χ4v) is 21.0. The second-order valence-corrected chi connectivity index (χ2v) is 22.7. The summed E-state index contributed by atoms with van der Waals surface area (Å²) in [6.07, 6.45) is 6.38. The van der Waals surface area contributed by atoms with Crippen LogP contribution < -0.4 is 14.8 Å². The van der Waals surface area contributed by atoms with Crippen LogP contribution in [0.4, 0.5) is 0 Å². The Balaban J connectivity index is 2.49. The van der Waals surface area contributed by atoms with Crippen LogP contribution in [0.3, 0.4) is 0 Å². The van der Waals surface area contributed by atoms with Crippen LogP contribution in [0.5, 0.6) is 0 Å². The zero-order valence-electron chi connectivity index (χ0n) is 21.9. The first kappa shape index (κ1) is 29.6. The van der Waals surface area contributed by atoms with Crippen molar-refractivity contribution in [2.75, 3.05) is 6.61 Å². The van der Waals surface area contributed by atoms with Gasteiger partial charge in [-0.25, -0.2) is 0 Å². The van der Waals surface area contributed by atoms with Gasteiger partial charge in [-0.15, -0.1) is 0 Å². The summed E-state index contributed by atoms with van der Waals surface area (Å²) in [6, 6.07) is 0. The first-order valence-electron chi connectivity index (χ1n) is 13.0. The number of hydrogen-bond acceptors (Lipinski definition) is 7. The van der Waals surface area contributed by atoms with E-state index in [0.29, 0.717) is 0 Å². The van der Waals surface area contributed by atoms with E-state index in [4.69, 9.17) is 14.2 Å². The Kier molecular flexibility index (Phi) is 12.0. The minimum absolute atomic E-state index is 0.0819. The number of esters is 2. The van der Waals surface area contributed by atoms with Crippen LogP contribution >= 0.6 is 0 Å². The quantitative estimate of drug-likeness (QED) is 0.257. The van der Waals surface area contributed by atoms with Gasteiger partial charge in [-0.05, 0) is 0 Å². The summed E-state index contributed by atoms with van der Waals surface area (Å²) in [5, 5.41) is 0. The summed E-state index contributed by atoms with van der Waals surface area (Å²) in [4.78, 5) is 51.6. The van der Waals surface area contributed by atoms with Crippen molar-refractivity contribution in [1.29, 1.82) is 0 Å². The molecule has 1 N–H and O–H groups in total. The zero-order chi connectivity index (χ0) is 26.0. The number of unbranched alkanes of at least 4 members (excludes halogenated alkanes) is 3. The van der Waals surface area contributed by atoms with Crippen LogP contribution in [0, 0.1) is 0 Å². The molecule has 1 aliphatic rings. The van der Waals surface area contributed by atoms with Gasteiger partial charge in [0.15, 0.2) is 0 Å². The summed E-state index contributed by atoms with van der Waals surface area (Å²) in [5.74, 6) is -0.945. The number of nitrogens with zero attached hydrogens (tertiary/aromatic N) is 1.